The summed E-state index contributed by atoms with van der Waals surface area (Å²) in [6.07, 6.45) is 18.9. The second-order valence-electron chi connectivity index (χ2n) is 9.85. The van der Waals surface area contributed by atoms with Crippen LogP contribution in [0.15, 0.2) is 24.3 Å². The van der Waals surface area contributed by atoms with Crippen molar-refractivity contribution in [3.05, 3.63) is 29.8 Å². The number of para-hydroxylation sites is 1. The smallest absolute Gasteiger partial charge is 0.128 e. The maximum atomic E-state index is 10.8. The molecule has 0 aromatic heterocycles. The number of rotatable bonds is 19. The van der Waals surface area contributed by atoms with Gasteiger partial charge >= 0.3 is 0 Å². The molecule has 192 valence electrons. The SMILES string of the molecule is CCCCCCCCCCCC[N+](C)(C)CC.CCCCCCOc1ccccc1C(=O)[O-]. The van der Waals surface area contributed by atoms with E-state index < -0.39 is 5.97 Å². The Balaban J connectivity index is 0.000000621. The molecule has 0 aliphatic rings. The Hall–Kier alpha value is -1.55. The topological polar surface area (TPSA) is 49.4 Å². The largest absolute Gasteiger partial charge is 0.545 e. The van der Waals surface area contributed by atoms with E-state index in [0.717, 1.165) is 12.8 Å². The van der Waals surface area contributed by atoms with Gasteiger partial charge in [0.15, 0.2) is 0 Å². The van der Waals surface area contributed by atoms with Crippen LogP contribution in [0.5, 0.6) is 5.75 Å². The molecular formula is C29H53NO3. The van der Waals surface area contributed by atoms with Gasteiger partial charge in [0.1, 0.15) is 5.75 Å². The van der Waals surface area contributed by atoms with Gasteiger partial charge in [-0.1, -0.05) is 96.6 Å². The second-order valence-corrected chi connectivity index (χ2v) is 9.85. The molecule has 0 aliphatic heterocycles. The first-order valence-electron chi connectivity index (χ1n) is 13.6. The van der Waals surface area contributed by atoms with Crippen LogP contribution in [-0.4, -0.2) is 44.2 Å². The summed E-state index contributed by atoms with van der Waals surface area (Å²) >= 11 is 0. The fourth-order valence-corrected chi connectivity index (χ4v) is 3.66. The zero-order valence-corrected chi connectivity index (χ0v) is 22.5. The van der Waals surface area contributed by atoms with Gasteiger partial charge in [0, 0.05) is 5.56 Å². The molecule has 4 nitrogen and oxygen atoms in total. The average Bonchev–Trinajstić information content (AvgIpc) is 2.81. The van der Waals surface area contributed by atoms with Gasteiger partial charge in [-0.15, -0.1) is 0 Å². The number of benzene rings is 1. The quantitative estimate of drug-likeness (QED) is 0.164. The van der Waals surface area contributed by atoms with Crippen molar-refractivity contribution < 1.29 is 19.1 Å². The number of hydrogen-bond donors (Lipinski definition) is 0. The zero-order chi connectivity index (χ0) is 24.8. The van der Waals surface area contributed by atoms with Crippen molar-refractivity contribution in [3.63, 3.8) is 0 Å². The van der Waals surface area contributed by atoms with Crippen molar-refractivity contribution in [1.29, 1.82) is 0 Å². The molecule has 0 amide bonds. The number of aromatic carboxylic acids is 1. The van der Waals surface area contributed by atoms with Crippen LogP contribution in [0.3, 0.4) is 0 Å². The number of carboxylic acid groups (broad SMARTS) is 1. The number of carbonyl (C=O) groups is 1. The van der Waals surface area contributed by atoms with Crippen LogP contribution >= 0.6 is 0 Å². The van der Waals surface area contributed by atoms with Crippen LogP contribution in [0, 0.1) is 0 Å². The summed E-state index contributed by atoms with van der Waals surface area (Å²) in [6, 6.07) is 6.57. The maximum absolute atomic E-state index is 10.8. The lowest BCUT2D eigenvalue weighted by atomic mass is 10.1. The summed E-state index contributed by atoms with van der Waals surface area (Å²) in [5.74, 6) is -0.789. The minimum Gasteiger partial charge on any atom is -0.545 e. The molecule has 0 saturated carbocycles. The van der Waals surface area contributed by atoms with Crippen LogP contribution in [0.2, 0.25) is 0 Å². The molecule has 0 spiro atoms. The third-order valence-corrected chi connectivity index (χ3v) is 6.34. The monoisotopic (exact) mass is 463 g/mol. The Labute approximate surface area is 205 Å². The first-order chi connectivity index (χ1) is 15.9. The summed E-state index contributed by atoms with van der Waals surface area (Å²) in [5.41, 5.74) is 0.123. The first kappa shape index (κ1) is 31.4. The maximum Gasteiger partial charge on any atom is 0.128 e. The first-order valence-corrected chi connectivity index (χ1v) is 13.6. The summed E-state index contributed by atoms with van der Waals surface area (Å²) in [4.78, 5) is 10.8. The van der Waals surface area contributed by atoms with E-state index in [1.165, 1.54) is 101 Å². The molecule has 0 bridgehead atoms. The number of hydrogen-bond acceptors (Lipinski definition) is 3. The molecule has 0 saturated heterocycles. The molecule has 1 aromatic carbocycles. The van der Waals surface area contributed by atoms with Crippen molar-refractivity contribution in [2.75, 3.05) is 33.8 Å². The Kier molecular flexibility index (Phi) is 20.0. The third-order valence-electron chi connectivity index (χ3n) is 6.34. The predicted octanol–water partition coefficient (Wildman–Crippen LogP) is 7.01. The van der Waals surface area contributed by atoms with Crippen molar-refractivity contribution in [2.45, 2.75) is 111 Å². The Bertz CT molecular complexity index is 586. The van der Waals surface area contributed by atoms with Crippen LogP contribution in [-0.2, 0) is 0 Å². The highest BCUT2D eigenvalue weighted by molar-refractivity contribution is 5.89. The van der Waals surface area contributed by atoms with E-state index in [1.54, 1.807) is 18.2 Å². The number of unbranched alkanes of at least 4 members (excludes halogenated alkanes) is 12. The highest BCUT2D eigenvalue weighted by Gasteiger charge is 2.09. The number of ether oxygens (including phenoxy) is 1. The highest BCUT2D eigenvalue weighted by Crippen LogP contribution is 2.17. The number of carboxylic acids is 1. The van der Waals surface area contributed by atoms with E-state index in [-0.39, 0.29) is 5.56 Å². The molecular weight excluding hydrogens is 410 g/mol. The van der Waals surface area contributed by atoms with Gasteiger partial charge < -0.3 is 19.1 Å². The molecule has 0 heterocycles. The molecule has 1 rings (SSSR count). The van der Waals surface area contributed by atoms with E-state index >= 15 is 0 Å². The number of nitrogens with zero attached hydrogens (tertiary/aromatic N) is 1. The van der Waals surface area contributed by atoms with E-state index in [9.17, 15) is 9.90 Å². The highest BCUT2D eigenvalue weighted by atomic mass is 16.5. The van der Waals surface area contributed by atoms with Gasteiger partial charge in [-0.05, 0) is 38.3 Å². The van der Waals surface area contributed by atoms with Gasteiger partial charge in [0.25, 0.3) is 0 Å². The molecule has 33 heavy (non-hydrogen) atoms. The van der Waals surface area contributed by atoms with Crippen LogP contribution in [0.4, 0.5) is 0 Å². The average molecular weight is 464 g/mol. The summed E-state index contributed by atoms with van der Waals surface area (Å²) in [6.45, 7) is 9.90. The van der Waals surface area contributed by atoms with Crippen LogP contribution in [0.25, 0.3) is 0 Å². The Morgan fingerprint density at radius 1 is 0.758 bits per heavy atom. The Morgan fingerprint density at radius 3 is 1.76 bits per heavy atom. The molecule has 0 aliphatic carbocycles. The van der Waals surface area contributed by atoms with Gasteiger partial charge in [-0.25, -0.2) is 0 Å². The van der Waals surface area contributed by atoms with Gasteiger partial charge in [0.05, 0.1) is 39.8 Å². The molecule has 0 N–H and O–H groups in total. The summed E-state index contributed by atoms with van der Waals surface area (Å²) < 4.78 is 6.62. The number of quaternary nitrogens is 1. The van der Waals surface area contributed by atoms with E-state index in [1.807, 2.05) is 0 Å². The lowest BCUT2D eigenvalue weighted by Gasteiger charge is -2.28. The minimum atomic E-state index is -1.19. The standard InChI is InChI=1S/C16H36N.C13H18O3/c1-5-7-8-9-10-11-12-13-14-15-16-17(3,4)6-2;1-2-3-4-7-10-16-12-9-6-5-8-11(12)13(14)15/h5-16H2,1-4H3;5-6,8-9H,2-4,7,10H2,1H3,(H,14,15)/q+1;/p-1. The van der Waals surface area contributed by atoms with Crippen LogP contribution < -0.4 is 9.84 Å². The van der Waals surface area contributed by atoms with Crippen molar-refractivity contribution >= 4 is 5.97 Å². The molecule has 1 aromatic rings. The van der Waals surface area contributed by atoms with Crippen molar-refractivity contribution in [1.82, 2.24) is 0 Å². The molecule has 4 heteroatoms. The second kappa shape index (κ2) is 21.0. The van der Waals surface area contributed by atoms with E-state index in [4.69, 9.17) is 4.74 Å². The van der Waals surface area contributed by atoms with Crippen LogP contribution in [0.1, 0.15) is 121 Å². The summed E-state index contributed by atoms with van der Waals surface area (Å²) in [7, 11) is 4.68. The number of carbonyl (C=O) groups excluding carboxylic acids is 1. The van der Waals surface area contributed by atoms with Gasteiger partial charge in [0.2, 0.25) is 0 Å². The minimum absolute atomic E-state index is 0.123. The zero-order valence-electron chi connectivity index (χ0n) is 22.5. The fourth-order valence-electron chi connectivity index (χ4n) is 3.66. The van der Waals surface area contributed by atoms with Gasteiger partial charge in [-0.3, -0.25) is 0 Å². The Morgan fingerprint density at radius 2 is 1.24 bits per heavy atom. The molecule has 0 unspecified atom stereocenters. The predicted molar refractivity (Wildman–Crippen MR) is 140 cm³/mol. The normalized spacial score (nSPS) is 11.1. The molecule has 0 fully saturated rings. The lowest BCUT2D eigenvalue weighted by molar-refractivity contribution is -0.888. The van der Waals surface area contributed by atoms with Crippen molar-refractivity contribution in [2.24, 2.45) is 0 Å². The third kappa shape index (κ3) is 18.6. The summed E-state index contributed by atoms with van der Waals surface area (Å²) in [5, 5.41) is 10.8. The lowest BCUT2D eigenvalue weighted by Crippen LogP contribution is -2.39. The van der Waals surface area contributed by atoms with Crippen molar-refractivity contribution in [3.8, 4) is 5.75 Å². The fraction of sp³-hybridized carbons (Fsp3) is 0.759. The molecule has 0 radical (unpaired) electrons. The van der Waals surface area contributed by atoms with E-state index in [0.29, 0.717) is 12.4 Å². The van der Waals surface area contributed by atoms with Gasteiger partial charge in [-0.2, -0.15) is 0 Å². The van der Waals surface area contributed by atoms with E-state index in [2.05, 4.69) is 34.9 Å². The molecule has 0 atom stereocenters.